The molecule has 3 aromatic carbocycles. The molecule has 1 N–H and O–H groups in total. The molecule has 194 valence electrons. The predicted molar refractivity (Wildman–Crippen MR) is 158 cm³/mol. The number of nitrogens with zero attached hydrogens (tertiary/aromatic N) is 2. The van der Waals surface area contributed by atoms with Crippen LogP contribution < -0.4 is 15.1 Å². The van der Waals surface area contributed by atoms with E-state index in [1.54, 1.807) is 4.57 Å². The van der Waals surface area contributed by atoms with E-state index >= 15 is 0 Å². The van der Waals surface area contributed by atoms with E-state index in [1.165, 1.54) is 41.9 Å². The maximum absolute atomic E-state index is 13.4. The van der Waals surface area contributed by atoms with Crippen molar-refractivity contribution in [2.45, 2.75) is 42.0 Å². The van der Waals surface area contributed by atoms with Crippen molar-refractivity contribution in [1.82, 2.24) is 4.57 Å². The van der Waals surface area contributed by atoms with Crippen molar-refractivity contribution in [2.75, 3.05) is 24.3 Å². The number of fused-ring (bicyclic) bond motifs is 7. The highest BCUT2D eigenvalue weighted by Gasteiger charge is 2.55. The molecule has 1 amide bonds. The van der Waals surface area contributed by atoms with E-state index in [0.717, 1.165) is 32.3 Å². The highest BCUT2D eigenvalue weighted by Crippen LogP contribution is 2.64. The summed E-state index contributed by atoms with van der Waals surface area (Å²) in [6.45, 7) is 0.0403. The normalized spacial score (nSPS) is 25.3. The monoisotopic (exact) mass is 541 g/mol. The summed E-state index contributed by atoms with van der Waals surface area (Å²) in [6.07, 6.45) is 3.89. The first-order chi connectivity index (χ1) is 18.5. The number of aromatic nitrogens is 1. The fourth-order valence-electron chi connectivity index (χ4n) is 7.11. The molecular weight excluding hydrogens is 510 g/mol. The second-order valence-corrected chi connectivity index (χ2v) is 13.3. The molecule has 2 bridgehead atoms. The zero-order valence-electron chi connectivity index (χ0n) is 21.6. The number of amides is 1. The van der Waals surface area contributed by atoms with Gasteiger partial charge in [-0.3, -0.25) is 14.2 Å². The van der Waals surface area contributed by atoms with Gasteiger partial charge < -0.3 is 10.2 Å². The van der Waals surface area contributed by atoms with E-state index < -0.39 is 0 Å². The zero-order chi connectivity index (χ0) is 26.0. The van der Waals surface area contributed by atoms with Crippen molar-refractivity contribution in [2.24, 2.45) is 17.8 Å². The van der Waals surface area contributed by atoms with Gasteiger partial charge in [-0.2, -0.15) is 0 Å². The summed E-state index contributed by atoms with van der Waals surface area (Å²) >= 11 is 3.23. The Balaban J connectivity index is 1.24. The zero-order valence-corrected chi connectivity index (χ0v) is 23.2. The van der Waals surface area contributed by atoms with Gasteiger partial charge in [0, 0.05) is 46.9 Å². The van der Waals surface area contributed by atoms with Crippen LogP contribution in [-0.4, -0.2) is 29.8 Å². The minimum Gasteiger partial charge on any atom is -0.378 e. The smallest absolute Gasteiger partial charge is 0.308 e. The summed E-state index contributed by atoms with van der Waals surface area (Å²) in [5.74, 6) is 2.06. The summed E-state index contributed by atoms with van der Waals surface area (Å²) in [5.41, 5.74) is 3.26. The van der Waals surface area contributed by atoms with E-state index in [0.29, 0.717) is 17.1 Å². The third kappa shape index (κ3) is 3.90. The second kappa shape index (κ2) is 9.31. The van der Waals surface area contributed by atoms with Crippen LogP contribution in [0.4, 0.5) is 11.4 Å². The molecule has 2 fully saturated rings. The highest BCUT2D eigenvalue weighted by atomic mass is 32.2. The average Bonchev–Trinajstić information content (AvgIpc) is 3.62. The second-order valence-electron chi connectivity index (χ2n) is 11.2. The number of anilines is 2. The van der Waals surface area contributed by atoms with Crippen LogP contribution in [0.5, 0.6) is 0 Å². The van der Waals surface area contributed by atoms with E-state index in [4.69, 9.17) is 0 Å². The Labute approximate surface area is 230 Å². The van der Waals surface area contributed by atoms with Crippen LogP contribution in [-0.2, 0) is 11.3 Å². The average molecular weight is 542 g/mol. The van der Waals surface area contributed by atoms with Gasteiger partial charge in [0.05, 0.1) is 5.03 Å². The van der Waals surface area contributed by atoms with Crippen LogP contribution in [0.15, 0.2) is 76.6 Å². The van der Waals surface area contributed by atoms with E-state index in [1.807, 2.05) is 54.2 Å². The summed E-state index contributed by atoms with van der Waals surface area (Å²) in [7, 11) is 4.12. The molecule has 38 heavy (non-hydrogen) atoms. The van der Waals surface area contributed by atoms with Crippen molar-refractivity contribution in [3.63, 3.8) is 0 Å². The molecule has 0 spiro atoms. The summed E-state index contributed by atoms with van der Waals surface area (Å²) in [5, 5.41) is 6.70. The molecule has 3 aliphatic rings. The maximum Gasteiger partial charge on any atom is 0.308 e. The Bertz CT molecular complexity index is 1580. The SMILES string of the molecule is CN(C)c1ccc([C@H]2c3sc(=O)n(CC(=O)Nc4cccc5ccccc45)c3SC3C4CCC(C4)C32)cc1. The van der Waals surface area contributed by atoms with Gasteiger partial charge in [-0.15, -0.1) is 11.8 Å². The lowest BCUT2D eigenvalue weighted by molar-refractivity contribution is -0.116. The Hall–Kier alpha value is -3.03. The summed E-state index contributed by atoms with van der Waals surface area (Å²) < 4.78 is 1.74. The van der Waals surface area contributed by atoms with Crippen molar-refractivity contribution >= 4 is 51.2 Å². The van der Waals surface area contributed by atoms with Crippen molar-refractivity contribution in [3.8, 4) is 0 Å². The lowest BCUT2D eigenvalue weighted by atomic mass is 9.75. The molecule has 1 aromatic heterocycles. The number of nitrogens with one attached hydrogen (secondary N) is 1. The quantitative estimate of drug-likeness (QED) is 0.317. The number of thioether (sulfide) groups is 1. The minimum atomic E-state index is -0.161. The first-order valence-electron chi connectivity index (χ1n) is 13.4. The van der Waals surface area contributed by atoms with Crippen molar-refractivity contribution < 1.29 is 4.79 Å². The molecule has 0 radical (unpaired) electrons. The Kier molecular flexibility index (Phi) is 5.89. The number of hydrogen-bond acceptors (Lipinski definition) is 5. The molecule has 1 aliphatic heterocycles. The number of carbonyl (C=O) groups is 1. The number of hydrogen-bond donors (Lipinski definition) is 1. The molecule has 7 rings (SSSR count). The van der Waals surface area contributed by atoms with Crippen molar-refractivity contribution in [1.29, 1.82) is 0 Å². The molecule has 2 saturated carbocycles. The summed E-state index contributed by atoms with van der Waals surface area (Å²) in [4.78, 5) is 29.9. The highest BCUT2D eigenvalue weighted by molar-refractivity contribution is 8.00. The first kappa shape index (κ1) is 24.0. The third-order valence-corrected chi connectivity index (χ3v) is 11.7. The van der Waals surface area contributed by atoms with Gasteiger partial charge in [0.2, 0.25) is 5.91 Å². The molecule has 5 nitrogen and oxygen atoms in total. The van der Waals surface area contributed by atoms with Crippen LogP contribution in [0, 0.1) is 17.8 Å². The van der Waals surface area contributed by atoms with Crippen LogP contribution in [0.25, 0.3) is 10.8 Å². The van der Waals surface area contributed by atoms with Gasteiger partial charge in [0.1, 0.15) is 6.54 Å². The lowest BCUT2D eigenvalue weighted by Crippen LogP contribution is -2.34. The predicted octanol–water partition coefficient (Wildman–Crippen LogP) is 6.42. The Morgan fingerprint density at radius 2 is 1.76 bits per heavy atom. The lowest BCUT2D eigenvalue weighted by Gasteiger charge is -2.40. The molecule has 0 saturated heterocycles. The van der Waals surface area contributed by atoms with E-state index in [-0.39, 0.29) is 23.2 Å². The number of carbonyl (C=O) groups excluding carboxylic acids is 1. The van der Waals surface area contributed by atoms with Crippen molar-refractivity contribution in [3.05, 3.63) is 86.8 Å². The topological polar surface area (TPSA) is 54.3 Å². The summed E-state index contributed by atoms with van der Waals surface area (Å²) in [6, 6.07) is 22.8. The largest absolute Gasteiger partial charge is 0.378 e. The van der Waals surface area contributed by atoms with Crippen LogP contribution in [0.3, 0.4) is 0 Å². The molecule has 7 heteroatoms. The van der Waals surface area contributed by atoms with E-state index in [9.17, 15) is 9.59 Å². The van der Waals surface area contributed by atoms with Gasteiger partial charge in [-0.25, -0.2) is 0 Å². The van der Waals surface area contributed by atoms with Crippen LogP contribution in [0.1, 0.15) is 35.6 Å². The number of rotatable bonds is 5. The fraction of sp³-hybridized carbons (Fsp3) is 0.355. The fourth-order valence-corrected chi connectivity index (χ4v) is 10.3. The van der Waals surface area contributed by atoms with Gasteiger partial charge in [0.25, 0.3) is 0 Å². The molecule has 5 atom stereocenters. The molecule has 4 unspecified atom stereocenters. The van der Waals surface area contributed by atoms with Crippen LogP contribution in [0.2, 0.25) is 0 Å². The Morgan fingerprint density at radius 1 is 1.00 bits per heavy atom. The van der Waals surface area contributed by atoms with Gasteiger partial charge in [-0.1, -0.05) is 59.9 Å². The van der Waals surface area contributed by atoms with Gasteiger partial charge >= 0.3 is 4.87 Å². The number of thiazole rings is 1. The third-order valence-electron chi connectivity index (χ3n) is 8.82. The first-order valence-corrected chi connectivity index (χ1v) is 15.1. The Morgan fingerprint density at radius 3 is 2.58 bits per heavy atom. The maximum atomic E-state index is 13.4. The van der Waals surface area contributed by atoms with Gasteiger partial charge in [-0.05, 0) is 66.2 Å². The molecule has 2 heterocycles. The van der Waals surface area contributed by atoms with Gasteiger partial charge in [0.15, 0.2) is 0 Å². The standard InChI is InChI=1S/C31H31N3O2S2/c1-33(2)22-14-12-19(13-15-22)26-27-20-10-11-21(16-20)28(27)37-30-29(26)38-31(36)34(30)17-25(35)32-24-9-5-7-18-6-3-4-8-23(18)24/h3-9,12-15,20-21,26-28H,10-11,16-17H2,1-2H3,(H,32,35)/t20?,21?,26-,27?,28?/m1/s1. The molecular formula is C31H31N3O2S2. The molecule has 2 aliphatic carbocycles. The number of benzene rings is 3. The molecule has 4 aromatic rings. The minimum absolute atomic E-state index is 0.0298. The van der Waals surface area contributed by atoms with Crippen LogP contribution >= 0.6 is 23.1 Å². The van der Waals surface area contributed by atoms with E-state index in [2.05, 4.69) is 48.6 Å².